The summed E-state index contributed by atoms with van der Waals surface area (Å²) in [7, 11) is 1.56. The summed E-state index contributed by atoms with van der Waals surface area (Å²) in [5.41, 5.74) is 1.37. The lowest BCUT2D eigenvalue weighted by molar-refractivity contribution is 0.0812. The van der Waals surface area contributed by atoms with Gasteiger partial charge in [0, 0.05) is 5.56 Å². The summed E-state index contributed by atoms with van der Waals surface area (Å²) in [5, 5.41) is 0. The van der Waals surface area contributed by atoms with Gasteiger partial charge in [-0.25, -0.2) is 4.39 Å². The summed E-state index contributed by atoms with van der Waals surface area (Å²) in [6.07, 6.45) is -0.769. The Bertz CT molecular complexity index is 635. The van der Waals surface area contributed by atoms with E-state index < -0.39 is 11.9 Å². The molecular weight excluding hydrogens is 271 g/mol. The average Bonchev–Trinajstić information content (AvgIpc) is 2.50. The molecule has 0 radical (unpaired) electrons. The van der Waals surface area contributed by atoms with Gasteiger partial charge in [-0.1, -0.05) is 6.07 Å². The van der Waals surface area contributed by atoms with Crippen molar-refractivity contribution in [3.05, 3.63) is 59.4 Å². The van der Waals surface area contributed by atoms with Crippen LogP contribution in [0.3, 0.4) is 0 Å². The van der Waals surface area contributed by atoms with E-state index in [1.807, 2.05) is 6.92 Å². The third-order valence-corrected chi connectivity index (χ3v) is 3.13. The minimum absolute atomic E-state index is 0.0874. The zero-order valence-electron chi connectivity index (χ0n) is 12.2. The van der Waals surface area contributed by atoms with Crippen LogP contribution in [0.15, 0.2) is 42.5 Å². The fourth-order valence-electron chi connectivity index (χ4n) is 1.93. The van der Waals surface area contributed by atoms with Gasteiger partial charge in [0.15, 0.2) is 17.7 Å². The molecule has 0 fully saturated rings. The van der Waals surface area contributed by atoms with Crippen molar-refractivity contribution in [1.29, 1.82) is 0 Å². The van der Waals surface area contributed by atoms with Crippen LogP contribution in [0.25, 0.3) is 0 Å². The number of benzene rings is 2. The Morgan fingerprint density at radius 2 is 1.81 bits per heavy atom. The summed E-state index contributed by atoms with van der Waals surface area (Å²) in [5.74, 6) is 0.0720. The predicted molar refractivity (Wildman–Crippen MR) is 78.6 cm³/mol. The molecule has 0 saturated heterocycles. The molecule has 3 nitrogen and oxygen atoms in total. The average molecular weight is 288 g/mol. The Balaban J connectivity index is 2.13. The summed E-state index contributed by atoms with van der Waals surface area (Å²) in [6, 6.07) is 11.3. The fraction of sp³-hybridized carbons (Fsp3) is 0.235. The highest BCUT2D eigenvalue weighted by atomic mass is 19.1. The maximum Gasteiger partial charge on any atom is 0.202 e. The number of Topliss-reactive ketones (excluding diaryl/α,β-unsaturated/α-hetero) is 1. The Labute approximate surface area is 123 Å². The number of carbonyl (C=O) groups excluding carboxylic acids is 1. The number of hydrogen-bond acceptors (Lipinski definition) is 3. The lowest BCUT2D eigenvalue weighted by Crippen LogP contribution is -2.24. The highest BCUT2D eigenvalue weighted by Gasteiger charge is 2.18. The van der Waals surface area contributed by atoms with Crippen LogP contribution < -0.4 is 9.47 Å². The second kappa shape index (κ2) is 6.39. The van der Waals surface area contributed by atoms with Gasteiger partial charge >= 0.3 is 0 Å². The molecule has 0 aliphatic rings. The first kappa shape index (κ1) is 15.0. The molecule has 110 valence electrons. The SMILES string of the molecule is COc1ccc(C(=O)C(C)Oc2cc(C)ccc2F)cc1. The molecule has 0 bridgehead atoms. The van der Waals surface area contributed by atoms with Gasteiger partial charge in [0.1, 0.15) is 5.75 Å². The first-order chi connectivity index (χ1) is 10.0. The van der Waals surface area contributed by atoms with Gasteiger partial charge < -0.3 is 9.47 Å². The highest BCUT2D eigenvalue weighted by molar-refractivity contribution is 5.99. The number of carbonyl (C=O) groups is 1. The standard InChI is InChI=1S/C17H17FO3/c1-11-4-9-15(18)16(10-11)21-12(2)17(19)13-5-7-14(20-3)8-6-13/h4-10,12H,1-3H3. The summed E-state index contributed by atoms with van der Waals surface area (Å²) in [4.78, 5) is 12.3. The van der Waals surface area contributed by atoms with Crippen LogP contribution in [0, 0.1) is 12.7 Å². The number of rotatable bonds is 5. The summed E-state index contributed by atoms with van der Waals surface area (Å²) in [6.45, 7) is 3.44. The maximum atomic E-state index is 13.6. The van der Waals surface area contributed by atoms with Crippen molar-refractivity contribution in [2.45, 2.75) is 20.0 Å². The molecule has 0 aromatic heterocycles. The fourth-order valence-corrected chi connectivity index (χ4v) is 1.93. The normalized spacial score (nSPS) is 11.8. The quantitative estimate of drug-likeness (QED) is 0.785. The molecule has 0 aliphatic carbocycles. The minimum Gasteiger partial charge on any atom is -0.497 e. The smallest absolute Gasteiger partial charge is 0.202 e. The zero-order chi connectivity index (χ0) is 15.4. The Morgan fingerprint density at radius 3 is 2.43 bits per heavy atom. The number of ether oxygens (including phenoxy) is 2. The molecule has 0 amide bonds. The highest BCUT2D eigenvalue weighted by Crippen LogP contribution is 2.21. The van der Waals surface area contributed by atoms with E-state index in [9.17, 15) is 9.18 Å². The van der Waals surface area contributed by atoms with Crippen LogP contribution >= 0.6 is 0 Å². The molecule has 1 unspecified atom stereocenters. The molecule has 0 aliphatic heterocycles. The molecule has 21 heavy (non-hydrogen) atoms. The number of hydrogen-bond donors (Lipinski definition) is 0. The van der Waals surface area contributed by atoms with Crippen molar-refractivity contribution in [1.82, 2.24) is 0 Å². The molecule has 2 rings (SSSR count). The van der Waals surface area contributed by atoms with E-state index in [0.717, 1.165) is 5.56 Å². The van der Waals surface area contributed by atoms with Crippen molar-refractivity contribution < 1.29 is 18.7 Å². The van der Waals surface area contributed by atoms with Crippen LogP contribution in [0.5, 0.6) is 11.5 Å². The predicted octanol–water partition coefficient (Wildman–Crippen LogP) is 3.79. The second-order valence-electron chi connectivity index (χ2n) is 4.79. The minimum atomic E-state index is -0.769. The van der Waals surface area contributed by atoms with Gasteiger partial charge in [-0.05, 0) is 55.8 Å². The summed E-state index contributed by atoms with van der Waals surface area (Å²) < 4.78 is 24.1. The van der Waals surface area contributed by atoms with E-state index in [4.69, 9.17) is 9.47 Å². The van der Waals surface area contributed by atoms with E-state index in [0.29, 0.717) is 11.3 Å². The Kier molecular flexibility index (Phi) is 4.58. The molecule has 0 heterocycles. The van der Waals surface area contributed by atoms with Gasteiger partial charge in [-0.3, -0.25) is 4.79 Å². The Hall–Kier alpha value is -2.36. The van der Waals surface area contributed by atoms with E-state index >= 15 is 0 Å². The van der Waals surface area contributed by atoms with Gasteiger partial charge in [0.05, 0.1) is 7.11 Å². The topological polar surface area (TPSA) is 35.5 Å². The number of aryl methyl sites for hydroxylation is 1. The molecule has 2 aromatic rings. The van der Waals surface area contributed by atoms with Gasteiger partial charge in [0.25, 0.3) is 0 Å². The molecule has 0 N–H and O–H groups in total. The zero-order valence-corrected chi connectivity index (χ0v) is 12.2. The molecule has 0 saturated carbocycles. The molecule has 4 heteroatoms. The van der Waals surface area contributed by atoms with Crippen molar-refractivity contribution in [2.75, 3.05) is 7.11 Å². The lowest BCUT2D eigenvalue weighted by atomic mass is 10.1. The summed E-state index contributed by atoms with van der Waals surface area (Å²) >= 11 is 0. The van der Waals surface area contributed by atoms with Gasteiger partial charge in [-0.15, -0.1) is 0 Å². The lowest BCUT2D eigenvalue weighted by Gasteiger charge is -2.15. The maximum absolute atomic E-state index is 13.6. The third kappa shape index (κ3) is 3.60. The van der Waals surface area contributed by atoms with Crippen LogP contribution in [-0.4, -0.2) is 19.0 Å². The van der Waals surface area contributed by atoms with Gasteiger partial charge in [0.2, 0.25) is 5.78 Å². The van der Waals surface area contributed by atoms with Crippen LogP contribution in [-0.2, 0) is 0 Å². The van der Waals surface area contributed by atoms with Crippen LogP contribution in [0.2, 0.25) is 0 Å². The monoisotopic (exact) mass is 288 g/mol. The molecule has 0 spiro atoms. The molecular formula is C17H17FO3. The van der Waals surface area contributed by atoms with Crippen LogP contribution in [0.4, 0.5) is 4.39 Å². The number of halogens is 1. The van der Waals surface area contributed by atoms with Crippen LogP contribution in [0.1, 0.15) is 22.8 Å². The van der Waals surface area contributed by atoms with Crippen molar-refractivity contribution in [3.8, 4) is 11.5 Å². The van der Waals surface area contributed by atoms with Crippen molar-refractivity contribution in [2.24, 2.45) is 0 Å². The second-order valence-corrected chi connectivity index (χ2v) is 4.79. The Morgan fingerprint density at radius 1 is 1.14 bits per heavy atom. The van der Waals surface area contributed by atoms with Gasteiger partial charge in [-0.2, -0.15) is 0 Å². The molecule has 1 atom stereocenters. The molecule has 2 aromatic carbocycles. The van der Waals surface area contributed by atoms with E-state index in [2.05, 4.69) is 0 Å². The largest absolute Gasteiger partial charge is 0.497 e. The van der Waals surface area contributed by atoms with Crippen molar-refractivity contribution >= 4 is 5.78 Å². The van der Waals surface area contributed by atoms with Crippen molar-refractivity contribution in [3.63, 3.8) is 0 Å². The van der Waals surface area contributed by atoms with E-state index in [1.165, 1.54) is 6.07 Å². The van der Waals surface area contributed by atoms with E-state index in [1.54, 1.807) is 50.4 Å². The number of methoxy groups -OCH3 is 1. The third-order valence-electron chi connectivity index (χ3n) is 3.13. The first-order valence-corrected chi connectivity index (χ1v) is 6.62. The first-order valence-electron chi connectivity index (χ1n) is 6.62. The number of ketones is 1. The van der Waals surface area contributed by atoms with E-state index in [-0.39, 0.29) is 11.5 Å².